The average Bonchev–Trinajstić information content (AvgIpc) is 2.50. The SMILES string of the molecule is CO/N=C1\c2cc(NC(C)=O)ccc2-c2ncnc(N)c2C1(C)C. The van der Waals surface area contributed by atoms with Gasteiger partial charge in [0.15, 0.2) is 0 Å². The number of nitrogens with zero attached hydrogens (tertiary/aromatic N) is 3. The van der Waals surface area contributed by atoms with Gasteiger partial charge >= 0.3 is 0 Å². The van der Waals surface area contributed by atoms with Crippen molar-refractivity contribution < 1.29 is 9.63 Å². The molecule has 3 rings (SSSR count). The number of nitrogens with one attached hydrogen (secondary N) is 1. The predicted molar refractivity (Wildman–Crippen MR) is 92.8 cm³/mol. The molecule has 1 aliphatic carbocycles. The first kappa shape index (κ1) is 15.9. The molecule has 0 saturated heterocycles. The molecule has 1 aromatic carbocycles. The van der Waals surface area contributed by atoms with Gasteiger partial charge in [0.2, 0.25) is 5.91 Å². The minimum absolute atomic E-state index is 0.137. The van der Waals surface area contributed by atoms with E-state index in [0.717, 1.165) is 22.4 Å². The molecule has 1 heterocycles. The summed E-state index contributed by atoms with van der Waals surface area (Å²) in [6, 6.07) is 5.59. The molecular formula is C17H19N5O2. The quantitative estimate of drug-likeness (QED) is 0.825. The van der Waals surface area contributed by atoms with Gasteiger partial charge < -0.3 is 15.9 Å². The van der Waals surface area contributed by atoms with Crippen molar-refractivity contribution in [3.63, 3.8) is 0 Å². The molecule has 1 amide bonds. The molecule has 0 saturated carbocycles. The summed E-state index contributed by atoms with van der Waals surface area (Å²) in [4.78, 5) is 25.0. The Balaban J connectivity index is 2.32. The van der Waals surface area contributed by atoms with Crippen LogP contribution in [0.25, 0.3) is 11.3 Å². The van der Waals surface area contributed by atoms with Crippen molar-refractivity contribution in [2.24, 2.45) is 5.16 Å². The Morgan fingerprint density at radius 3 is 2.71 bits per heavy atom. The minimum Gasteiger partial charge on any atom is -0.399 e. The van der Waals surface area contributed by atoms with Crippen LogP contribution in [0.4, 0.5) is 11.5 Å². The number of hydrogen-bond donors (Lipinski definition) is 2. The third-order valence-electron chi connectivity index (χ3n) is 4.13. The molecule has 0 fully saturated rings. The van der Waals surface area contributed by atoms with E-state index in [9.17, 15) is 4.79 Å². The van der Waals surface area contributed by atoms with Crippen LogP contribution in [0.1, 0.15) is 31.9 Å². The van der Waals surface area contributed by atoms with E-state index < -0.39 is 5.41 Å². The van der Waals surface area contributed by atoms with Gasteiger partial charge in [0.25, 0.3) is 0 Å². The first-order valence-electron chi connectivity index (χ1n) is 7.51. The van der Waals surface area contributed by atoms with E-state index in [-0.39, 0.29) is 5.91 Å². The zero-order valence-corrected chi connectivity index (χ0v) is 14.0. The molecule has 0 bridgehead atoms. The van der Waals surface area contributed by atoms with Crippen molar-refractivity contribution in [2.75, 3.05) is 18.2 Å². The summed E-state index contributed by atoms with van der Waals surface area (Å²) in [6.45, 7) is 5.46. The highest BCUT2D eigenvalue weighted by Crippen LogP contribution is 2.44. The van der Waals surface area contributed by atoms with Gasteiger partial charge in [0, 0.05) is 34.7 Å². The Morgan fingerprint density at radius 1 is 1.29 bits per heavy atom. The molecule has 7 heteroatoms. The number of carbonyl (C=O) groups is 1. The van der Waals surface area contributed by atoms with Crippen LogP contribution in [0, 0.1) is 0 Å². The fourth-order valence-electron chi connectivity index (χ4n) is 3.16. The number of aromatic nitrogens is 2. The summed E-state index contributed by atoms with van der Waals surface area (Å²) >= 11 is 0. The minimum atomic E-state index is -0.543. The number of hydrogen-bond acceptors (Lipinski definition) is 6. The summed E-state index contributed by atoms with van der Waals surface area (Å²) < 4.78 is 0. The Hall–Kier alpha value is -2.96. The smallest absolute Gasteiger partial charge is 0.221 e. The van der Waals surface area contributed by atoms with E-state index >= 15 is 0 Å². The standard InChI is InChI=1S/C17H19N5O2/c1-9(23)21-10-5-6-11-12(7-10)15(22-24-4)17(2,3)13-14(11)19-8-20-16(13)18/h5-8H,1-4H3,(H,21,23)(H2,18,19,20)/b22-15+. The van der Waals surface area contributed by atoms with E-state index in [1.807, 2.05) is 32.0 Å². The molecule has 0 atom stereocenters. The molecule has 0 spiro atoms. The van der Waals surface area contributed by atoms with Crippen LogP contribution in [-0.4, -0.2) is 28.7 Å². The first-order valence-corrected chi connectivity index (χ1v) is 7.51. The molecule has 24 heavy (non-hydrogen) atoms. The molecule has 0 radical (unpaired) electrons. The Kier molecular flexibility index (Phi) is 3.71. The lowest BCUT2D eigenvalue weighted by Gasteiger charge is -2.34. The molecule has 0 unspecified atom stereocenters. The predicted octanol–water partition coefficient (Wildman–Crippen LogP) is 2.33. The number of nitrogens with two attached hydrogens (primary N) is 1. The third-order valence-corrected chi connectivity index (χ3v) is 4.13. The second-order valence-electron chi connectivity index (χ2n) is 6.17. The van der Waals surface area contributed by atoms with Crippen LogP contribution in [0.15, 0.2) is 29.7 Å². The normalized spacial score (nSPS) is 16.2. The maximum Gasteiger partial charge on any atom is 0.221 e. The molecule has 1 aliphatic rings. The summed E-state index contributed by atoms with van der Waals surface area (Å²) in [7, 11) is 1.50. The van der Waals surface area contributed by atoms with Crippen molar-refractivity contribution >= 4 is 23.1 Å². The molecule has 1 aromatic heterocycles. The van der Waals surface area contributed by atoms with Crippen LogP contribution in [0.5, 0.6) is 0 Å². The van der Waals surface area contributed by atoms with E-state index in [0.29, 0.717) is 17.2 Å². The first-order chi connectivity index (χ1) is 11.4. The number of anilines is 2. The highest BCUT2D eigenvalue weighted by Gasteiger charge is 2.40. The van der Waals surface area contributed by atoms with Crippen LogP contribution in [-0.2, 0) is 15.0 Å². The van der Waals surface area contributed by atoms with Crippen molar-refractivity contribution in [1.82, 2.24) is 9.97 Å². The van der Waals surface area contributed by atoms with Crippen molar-refractivity contribution in [2.45, 2.75) is 26.2 Å². The summed E-state index contributed by atoms with van der Waals surface area (Å²) in [5, 5.41) is 7.02. The Morgan fingerprint density at radius 2 is 2.04 bits per heavy atom. The molecule has 0 aliphatic heterocycles. The van der Waals surface area contributed by atoms with Gasteiger partial charge in [0.05, 0.1) is 11.4 Å². The van der Waals surface area contributed by atoms with Crippen LogP contribution < -0.4 is 11.1 Å². The fourth-order valence-corrected chi connectivity index (χ4v) is 3.16. The number of benzene rings is 1. The van der Waals surface area contributed by atoms with Crippen molar-refractivity contribution in [3.05, 3.63) is 35.7 Å². The molecule has 2 aromatic rings. The second-order valence-corrected chi connectivity index (χ2v) is 6.17. The second kappa shape index (κ2) is 5.59. The Bertz CT molecular complexity index is 858. The van der Waals surface area contributed by atoms with E-state index in [1.165, 1.54) is 20.4 Å². The zero-order chi connectivity index (χ0) is 17.5. The number of amides is 1. The lowest BCUT2D eigenvalue weighted by Crippen LogP contribution is -2.36. The van der Waals surface area contributed by atoms with Gasteiger partial charge in [-0.15, -0.1) is 0 Å². The largest absolute Gasteiger partial charge is 0.399 e. The number of oxime groups is 1. The maximum absolute atomic E-state index is 11.4. The topological polar surface area (TPSA) is 102 Å². The van der Waals surface area contributed by atoms with Crippen molar-refractivity contribution in [3.8, 4) is 11.3 Å². The van der Waals surface area contributed by atoms with Gasteiger partial charge in [-0.3, -0.25) is 4.79 Å². The van der Waals surface area contributed by atoms with Gasteiger partial charge in [0.1, 0.15) is 19.3 Å². The van der Waals surface area contributed by atoms with Crippen LogP contribution in [0.3, 0.4) is 0 Å². The molecule has 3 N–H and O–H groups in total. The number of rotatable bonds is 2. The number of nitrogen functional groups attached to an aromatic ring is 1. The fraction of sp³-hybridized carbons (Fsp3) is 0.294. The highest BCUT2D eigenvalue weighted by atomic mass is 16.6. The number of carbonyl (C=O) groups excluding carboxylic acids is 1. The third kappa shape index (κ3) is 2.38. The van der Waals surface area contributed by atoms with Crippen LogP contribution in [0.2, 0.25) is 0 Å². The molecule has 7 nitrogen and oxygen atoms in total. The van der Waals surface area contributed by atoms with E-state index in [2.05, 4.69) is 20.4 Å². The van der Waals surface area contributed by atoms with E-state index in [1.54, 1.807) is 0 Å². The lowest BCUT2D eigenvalue weighted by molar-refractivity contribution is -0.114. The van der Waals surface area contributed by atoms with Crippen LogP contribution >= 0.6 is 0 Å². The molecule has 124 valence electrons. The monoisotopic (exact) mass is 325 g/mol. The molecular weight excluding hydrogens is 306 g/mol. The lowest BCUT2D eigenvalue weighted by atomic mass is 9.70. The summed E-state index contributed by atoms with van der Waals surface area (Å²) in [5.74, 6) is 0.285. The number of fused-ring (bicyclic) bond motifs is 3. The van der Waals surface area contributed by atoms with Gasteiger partial charge in [-0.1, -0.05) is 11.2 Å². The van der Waals surface area contributed by atoms with Gasteiger partial charge in [-0.25, -0.2) is 9.97 Å². The zero-order valence-electron chi connectivity index (χ0n) is 14.0. The average molecular weight is 325 g/mol. The van der Waals surface area contributed by atoms with Gasteiger partial charge in [-0.2, -0.15) is 0 Å². The van der Waals surface area contributed by atoms with E-state index in [4.69, 9.17) is 10.6 Å². The summed E-state index contributed by atoms with van der Waals surface area (Å²) in [6.07, 6.45) is 1.45. The van der Waals surface area contributed by atoms with Gasteiger partial charge in [-0.05, 0) is 26.0 Å². The maximum atomic E-state index is 11.4. The highest BCUT2D eigenvalue weighted by molar-refractivity contribution is 6.16. The summed E-state index contributed by atoms with van der Waals surface area (Å²) in [5.41, 5.74) is 10.3. The van der Waals surface area contributed by atoms with Crippen molar-refractivity contribution in [1.29, 1.82) is 0 Å². The Labute approximate surface area is 139 Å².